The quantitative estimate of drug-likeness (QED) is 0.771. The van der Waals surface area contributed by atoms with E-state index in [0.29, 0.717) is 0 Å². The van der Waals surface area contributed by atoms with Gasteiger partial charge in [0.2, 0.25) is 0 Å². The highest BCUT2D eigenvalue weighted by Gasteiger charge is 1.87. The van der Waals surface area contributed by atoms with Gasteiger partial charge in [-0.3, -0.25) is 0 Å². The van der Waals surface area contributed by atoms with Gasteiger partial charge in [0.05, 0.1) is 7.11 Å². The molecule has 3 nitrogen and oxygen atoms in total. The second kappa shape index (κ2) is 7.17. The standard InChI is InChI=1S/C9H10O.C4H4N2/c1-3-8-4-6-9(10-2)7-5-8;1-2-5-4-6-3-1/h3-7H,1H2,2H3;1-4H. The Morgan fingerprint density at radius 3 is 2.06 bits per heavy atom. The summed E-state index contributed by atoms with van der Waals surface area (Å²) in [6.45, 7) is 3.65. The molecule has 0 aliphatic carbocycles. The zero-order valence-corrected chi connectivity index (χ0v) is 9.21. The Hall–Kier alpha value is -2.16. The molecule has 0 amide bonds. The molecule has 82 valence electrons. The molecule has 1 aromatic carbocycles. The predicted molar refractivity (Wildman–Crippen MR) is 65.1 cm³/mol. The van der Waals surface area contributed by atoms with Crippen molar-refractivity contribution in [2.75, 3.05) is 7.11 Å². The van der Waals surface area contributed by atoms with Crippen LogP contribution in [0.25, 0.3) is 6.08 Å². The van der Waals surface area contributed by atoms with E-state index in [-0.39, 0.29) is 0 Å². The number of ether oxygens (including phenoxy) is 1. The van der Waals surface area contributed by atoms with Crippen LogP contribution in [0.15, 0.2) is 55.6 Å². The van der Waals surface area contributed by atoms with Gasteiger partial charge >= 0.3 is 0 Å². The number of rotatable bonds is 2. The second-order valence-electron chi connectivity index (χ2n) is 2.88. The van der Waals surface area contributed by atoms with Gasteiger partial charge in [0.25, 0.3) is 0 Å². The molecule has 3 heteroatoms. The van der Waals surface area contributed by atoms with E-state index in [1.807, 2.05) is 24.3 Å². The van der Waals surface area contributed by atoms with Gasteiger partial charge in [0.1, 0.15) is 12.1 Å². The SMILES string of the molecule is C=Cc1ccc(OC)cc1.c1cncnc1. The summed E-state index contributed by atoms with van der Waals surface area (Å²) < 4.78 is 4.98. The molecule has 0 N–H and O–H groups in total. The lowest BCUT2D eigenvalue weighted by Crippen LogP contribution is -1.80. The molecule has 0 spiro atoms. The minimum Gasteiger partial charge on any atom is -0.497 e. The van der Waals surface area contributed by atoms with Gasteiger partial charge in [-0.15, -0.1) is 0 Å². The van der Waals surface area contributed by atoms with Gasteiger partial charge in [-0.25, -0.2) is 9.97 Å². The maximum Gasteiger partial charge on any atom is 0.118 e. The van der Waals surface area contributed by atoms with Gasteiger partial charge in [-0.2, -0.15) is 0 Å². The van der Waals surface area contributed by atoms with E-state index in [2.05, 4.69) is 16.5 Å². The lowest BCUT2D eigenvalue weighted by molar-refractivity contribution is 0.415. The van der Waals surface area contributed by atoms with E-state index < -0.39 is 0 Å². The summed E-state index contributed by atoms with van der Waals surface area (Å²) in [5.74, 6) is 0.880. The summed E-state index contributed by atoms with van der Waals surface area (Å²) in [6, 6.07) is 9.53. The third kappa shape index (κ3) is 4.37. The van der Waals surface area contributed by atoms with Crippen LogP contribution in [0, 0.1) is 0 Å². The van der Waals surface area contributed by atoms with Crippen molar-refractivity contribution in [1.82, 2.24) is 9.97 Å². The molecule has 1 aromatic heterocycles. The van der Waals surface area contributed by atoms with Crippen molar-refractivity contribution < 1.29 is 4.74 Å². The van der Waals surface area contributed by atoms with Crippen molar-refractivity contribution >= 4 is 6.08 Å². The summed E-state index contributed by atoms with van der Waals surface area (Å²) in [6.07, 6.45) is 6.68. The summed E-state index contributed by atoms with van der Waals surface area (Å²) in [5, 5.41) is 0. The van der Waals surface area contributed by atoms with Crippen LogP contribution in [0.3, 0.4) is 0 Å². The molecule has 0 aliphatic rings. The van der Waals surface area contributed by atoms with Crippen molar-refractivity contribution in [2.45, 2.75) is 0 Å². The predicted octanol–water partition coefficient (Wildman–Crippen LogP) is 2.81. The molecular weight excluding hydrogens is 200 g/mol. The Kier molecular flexibility index (Phi) is 5.34. The molecule has 0 saturated heterocycles. The van der Waals surface area contributed by atoms with Gasteiger partial charge in [-0.05, 0) is 23.8 Å². The monoisotopic (exact) mass is 214 g/mol. The smallest absolute Gasteiger partial charge is 0.118 e. The first-order valence-electron chi connectivity index (χ1n) is 4.83. The highest BCUT2D eigenvalue weighted by atomic mass is 16.5. The second-order valence-corrected chi connectivity index (χ2v) is 2.88. The van der Waals surface area contributed by atoms with Crippen molar-refractivity contribution in [3.63, 3.8) is 0 Å². The number of hydrogen-bond donors (Lipinski definition) is 0. The Morgan fingerprint density at radius 2 is 1.75 bits per heavy atom. The fourth-order valence-electron chi connectivity index (χ4n) is 0.993. The summed E-state index contributed by atoms with van der Waals surface area (Å²) in [7, 11) is 1.66. The average molecular weight is 214 g/mol. The normalized spacial score (nSPS) is 8.56. The molecule has 0 fully saturated rings. The third-order valence-corrected chi connectivity index (χ3v) is 1.83. The Labute approximate surface area is 95.5 Å². The minimum atomic E-state index is 0.880. The van der Waals surface area contributed by atoms with Crippen LogP contribution in [-0.4, -0.2) is 17.1 Å². The van der Waals surface area contributed by atoms with Crippen LogP contribution < -0.4 is 4.74 Å². The van der Waals surface area contributed by atoms with Gasteiger partial charge in [0.15, 0.2) is 0 Å². The number of nitrogens with zero attached hydrogens (tertiary/aromatic N) is 2. The van der Waals surface area contributed by atoms with Crippen LogP contribution in [0.1, 0.15) is 5.56 Å². The molecule has 2 rings (SSSR count). The molecule has 0 radical (unpaired) electrons. The molecular formula is C13H14N2O. The van der Waals surface area contributed by atoms with Crippen molar-refractivity contribution in [1.29, 1.82) is 0 Å². The van der Waals surface area contributed by atoms with Gasteiger partial charge in [0, 0.05) is 12.4 Å². The number of aromatic nitrogens is 2. The van der Waals surface area contributed by atoms with Gasteiger partial charge in [-0.1, -0.05) is 24.8 Å². The van der Waals surface area contributed by atoms with Crippen molar-refractivity contribution in [3.05, 3.63) is 61.2 Å². The Bertz CT molecular complexity index is 371. The topological polar surface area (TPSA) is 35.0 Å². The molecule has 0 aliphatic heterocycles. The first kappa shape index (κ1) is 11.9. The van der Waals surface area contributed by atoms with E-state index in [1.165, 1.54) is 6.33 Å². The highest BCUT2D eigenvalue weighted by Crippen LogP contribution is 2.11. The minimum absolute atomic E-state index is 0.880. The van der Waals surface area contributed by atoms with Crippen LogP contribution >= 0.6 is 0 Å². The van der Waals surface area contributed by atoms with E-state index in [0.717, 1.165) is 11.3 Å². The van der Waals surface area contributed by atoms with E-state index in [1.54, 1.807) is 31.6 Å². The lowest BCUT2D eigenvalue weighted by atomic mass is 10.2. The maximum atomic E-state index is 4.98. The summed E-state index contributed by atoms with van der Waals surface area (Å²) in [4.78, 5) is 7.35. The third-order valence-electron chi connectivity index (χ3n) is 1.83. The Morgan fingerprint density at radius 1 is 1.12 bits per heavy atom. The first-order valence-corrected chi connectivity index (χ1v) is 4.83. The summed E-state index contributed by atoms with van der Waals surface area (Å²) in [5.41, 5.74) is 1.11. The molecule has 2 aromatic rings. The zero-order chi connectivity index (χ0) is 11.6. The van der Waals surface area contributed by atoms with Gasteiger partial charge < -0.3 is 4.74 Å². The largest absolute Gasteiger partial charge is 0.497 e. The molecule has 1 heterocycles. The number of hydrogen-bond acceptors (Lipinski definition) is 3. The molecule has 0 atom stereocenters. The highest BCUT2D eigenvalue weighted by molar-refractivity contribution is 5.48. The van der Waals surface area contributed by atoms with Crippen molar-refractivity contribution in [3.8, 4) is 5.75 Å². The van der Waals surface area contributed by atoms with Crippen LogP contribution in [0.5, 0.6) is 5.75 Å². The fraction of sp³-hybridized carbons (Fsp3) is 0.0769. The molecule has 0 bridgehead atoms. The van der Waals surface area contributed by atoms with Crippen LogP contribution in [-0.2, 0) is 0 Å². The molecule has 0 unspecified atom stereocenters. The Balaban J connectivity index is 0.000000181. The van der Waals surface area contributed by atoms with E-state index in [4.69, 9.17) is 4.74 Å². The molecule has 0 saturated carbocycles. The van der Waals surface area contributed by atoms with Crippen LogP contribution in [0.2, 0.25) is 0 Å². The average Bonchev–Trinajstić information content (AvgIpc) is 2.41. The van der Waals surface area contributed by atoms with E-state index >= 15 is 0 Å². The lowest BCUT2D eigenvalue weighted by Gasteiger charge is -1.97. The number of methoxy groups -OCH3 is 1. The van der Waals surface area contributed by atoms with E-state index in [9.17, 15) is 0 Å². The summed E-state index contributed by atoms with van der Waals surface area (Å²) >= 11 is 0. The van der Waals surface area contributed by atoms with Crippen molar-refractivity contribution in [2.24, 2.45) is 0 Å². The van der Waals surface area contributed by atoms with Crippen LogP contribution in [0.4, 0.5) is 0 Å². The first-order chi connectivity index (χ1) is 7.86. The maximum absolute atomic E-state index is 4.98. The fourth-order valence-corrected chi connectivity index (χ4v) is 0.993. The molecule has 16 heavy (non-hydrogen) atoms. The zero-order valence-electron chi connectivity index (χ0n) is 9.21. The number of benzene rings is 1.